The topological polar surface area (TPSA) is 159 Å². The predicted molar refractivity (Wildman–Crippen MR) is 152 cm³/mol. The standard InChI is InChI=1S/C29H43N7O5/c1-7-22-26(39)30-18(6)24(37)31-20(15-17(4)5)25(38)33-29(40)32-21(16-19-13-11-10-12-14-19)27-34-35-28(41-27)23(8-2)36(22)9-3/h10-14,17-18,20-23H,7-9,15-16H2,1-6H3,(H,30,39)(H,31,37)(H2,32,33,38,40)/t18-,20-,21-,22-,23?/m0/s1. The zero-order valence-electron chi connectivity index (χ0n) is 24.8. The highest BCUT2D eigenvalue weighted by molar-refractivity contribution is 5.99. The fourth-order valence-corrected chi connectivity index (χ4v) is 5.12. The molecule has 4 N–H and O–H groups in total. The van der Waals surface area contributed by atoms with Crippen molar-refractivity contribution < 1.29 is 23.6 Å². The van der Waals surface area contributed by atoms with Crippen LogP contribution in [0.25, 0.3) is 0 Å². The van der Waals surface area contributed by atoms with Gasteiger partial charge in [-0.25, -0.2) is 4.79 Å². The lowest BCUT2D eigenvalue weighted by Gasteiger charge is -2.34. The van der Waals surface area contributed by atoms with Crippen molar-refractivity contribution in [3.63, 3.8) is 0 Å². The lowest BCUT2D eigenvalue weighted by molar-refractivity contribution is -0.134. The van der Waals surface area contributed by atoms with Crippen molar-refractivity contribution >= 4 is 23.8 Å². The van der Waals surface area contributed by atoms with Crippen LogP contribution in [0.15, 0.2) is 34.7 Å². The van der Waals surface area contributed by atoms with E-state index in [1.807, 2.05) is 69.9 Å². The minimum atomic E-state index is -0.982. The number of aromatic nitrogens is 2. The molecule has 5 atom stereocenters. The zero-order valence-corrected chi connectivity index (χ0v) is 24.8. The van der Waals surface area contributed by atoms with Crippen molar-refractivity contribution in [2.75, 3.05) is 6.54 Å². The summed E-state index contributed by atoms with van der Waals surface area (Å²) in [5.41, 5.74) is 0.915. The molecule has 0 aliphatic carbocycles. The highest BCUT2D eigenvalue weighted by Gasteiger charge is 2.35. The summed E-state index contributed by atoms with van der Waals surface area (Å²) < 4.78 is 6.16. The highest BCUT2D eigenvalue weighted by atomic mass is 16.4. The van der Waals surface area contributed by atoms with Crippen LogP contribution < -0.4 is 21.3 Å². The summed E-state index contributed by atoms with van der Waals surface area (Å²) in [6.45, 7) is 11.7. The number of hydrogen-bond acceptors (Lipinski definition) is 8. The Morgan fingerprint density at radius 2 is 1.49 bits per heavy atom. The van der Waals surface area contributed by atoms with Gasteiger partial charge in [-0.3, -0.25) is 24.6 Å². The summed E-state index contributed by atoms with van der Waals surface area (Å²) in [4.78, 5) is 54.7. The number of amides is 5. The van der Waals surface area contributed by atoms with Gasteiger partial charge < -0.3 is 20.4 Å². The van der Waals surface area contributed by atoms with Crippen molar-refractivity contribution in [3.05, 3.63) is 47.7 Å². The van der Waals surface area contributed by atoms with E-state index >= 15 is 0 Å². The molecule has 1 aromatic carbocycles. The summed E-state index contributed by atoms with van der Waals surface area (Å²) in [7, 11) is 0. The lowest BCUT2D eigenvalue weighted by atomic mass is 10.0. The van der Waals surface area contributed by atoms with Gasteiger partial charge >= 0.3 is 6.03 Å². The van der Waals surface area contributed by atoms with Gasteiger partial charge in [-0.05, 0) is 44.2 Å². The van der Waals surface area contributed by atoms with Gasteiger partial charge in [-0.2, -0.15) is 0 Å². The van der Waals surface area contributed by atoms with E-state index in [0.717, 1.165) is 5.56 Å². The first kappa shape index (κ1) is 31.7. The average Bonchev–Trinajstić information content (AvgIpc) is 3.41. The van der Waals surface area contributed by atoms with Gasteiger partial charge in [-0.1, -0.05) is 65.0 Å². The monoisotopic (exact) mass is 569 g/mol. The Morgan fingerprint density at radius 3 is 2.10 bits per heavy atom. The van der Waals surface area contributed by atoms with E-state index in [1.54, 1.807) is 6.92 Å². The smallest absolute Gasteiger partial charge is 0.322 e. The minimum Gasteiger partial charge on any atom is -0.421 e. The minimum absolute atomic E-state index is 0.0457. The van der Waals surface area contributed by atoms with Gasteiger partial charge in [0.2, 0.25) is 23.6 Å². The van der Waals surface area contributed by atoms with E-state index in [2.05, 4.69) is 31.5 Å². The van der Waals surface area contributed by atoms with E-state index in [0.29, 0.717) is 38.1 Å². The van der Waals surface area contributed by atoms with E-state index in [1.165, 1.54) is 0 Å². The third kappa shape index (κ3) is 8.35. The number of hydrogen-bond donors (Lipinski definition) is 4. The summed E-state index contributed by atoms with van der Waals surface area (Å²) in [6.07, 6.45) is 1.70. The summed E-state index contributed by atoms with van der Waals surface area (Å²) in [6, 6.07) is 5.17. The predicted octanol–water partition coefficient (Wildman–Crippen LogP) is 2.78. The second-order valence-electron chi connectivity index (χ2n) is 10.8. The number of rotatable bonds is 7. The molecule has 1 aromatic heterocycles. The third-order valence-electron chi connectivity index (χ3n) is 7.20. The maximum Gasteiger partial charge on any atom is 0.322 e. The molecule has 0 fully saturated rings. The molecule has 41 heavy (non-hydrogen) atoms. The van der Waals surface area contributed by atoms with Crippen LogP contribution in [0.3, 0.4) is 0 Å². The Bertz CT molecular complexity index is 1190. The number of benzene rings is 1. The molecule has 224 valence electrons. The second-order valence-corrected chi connectivity index (χ2v) is 10.8. The molecule has 12 heteroatoms. The molecule has 2 heterocycles. The number of carbonyl (C=O) groups excluding carboxylic acids is 4. The van der Waals surface area contributed by atoms with E-state index in [-0.39, 0.29) is 23.8 Å². The number of likely N-dealkylation sites (N-methyl/N-ethyl adjacent to an activating group) is 1. The quantitative estimate of drug-likeness (QED) is 0.396. The fraction of sp³-hybridized carbons (Fsp3) is 0.586. The van der Waals surface area contributed by atoms with Gasteiger partial charge in [0.25, 0.3) is 5.91 Å². The van der Waals surface area contributed by atoms with Crippen LogP contribution in [-0.2, 0) is 20.8 Å². The third-order valence-corrected chi connectivity index (χ3v) is 7.20. The lowest BCUT2D eigenvalue weighted by Crippen LogP contribution is -2.57. The van der Waals surface area contributed by atoms with Gasteiger partial charge in [0.1, 0.15) is 18.1 Å². The Kier molecular flexibility index (Phi) is 11.4. The Labute approximate surface area is 241 Å². The molecule has 3 rings (SSSR count). The SMILES string of the molecule is CCC1c2nnc(o2)[C@H](Cc2ccccc2)NC(=O)NC(=O)[C@H](CC(C)C)NC(=O)[C@H](C)NC(=O)[C@H](CC)N1CC. The maximum absolute atomic E-state index is 13.4. The van der Waals surface area contributed by atoms with Gasteiger partial charge in [0.15, 0.2) is 0 Å². The molecule has 2 bridgehead atoms. The van der Waals surface area contributed by atoms with Crippen LogP contribution in [-0.4, -0.2) is 63.5 Å². The molecule has 1 aliphatic rings. The molecule has 2 aromatic rings. The molecule has 0 spiro atoms. The first-order valence-corrected chi connectivity index (χ1v) is 14.4. The normalized spacial score (nSPS) is 25.2. The molecule has 0 saturated carbocycles. The van der Waals surface area contributed by atoms with E-state index in [9.17, 15) is 19.2 Å². The first-order valence-electron chi connectivity index (χ1n) is 14.4. The van der Waals surface area contributed by atoms with Crippen LogP contribution >= 0.6 is 0 Å². The number of carbonyl (C=O) groups is 4. The van der Waals surface area contributed by atoms with Crippen LogP contribution in [0.4, 0.5) is 4.79 Å². The van der Waals surface area contributed by atoms with Crippen molar-refractivity contribution in [2.24, 2.45) is 5.92 Å². The summed E-state index contributed by atoms with van der Waals surface area (Å²) in [5, 5.41) is 19.3. The molecule has 0 radical (unpaired) electrons. The number of urea groups is 1. The Hall–Kier alpha value is -3.80. The molecule has 12 nitrogen and oxygen atoms in total. The van der Waals surface area contributed by atoms with Gasteiger partial charge in [-0.15, -0.1) is 10.2 Å². The van der Waals surface area contributed by atoms with Crippen LogP contribution in [0, 0.1) is 5.92 Å². The molecule has 0 saturated heterocycles. The number of imide groups is 1. The summed E-state index contributed by atoms with van der Waals surface area (Å²) in [5.74, 6) is -0.946. The Balaban J connectivity index is 2.05. The molecular weight excluding hydrogens is 526 g/mol. The number of nitrogens with one attached hydrogen (secondary N) is 4. The van der Waals surface area contributed by atoms with E-state index in [4.69, 9.17) is 4.42 Å². The maximum atomic E-state index is 13.4. The van der Waals surface area contributed by atoms with E-state index < -0.39 is 42.0 Å². The first-order chi connectivity index (χ1) is 19.6. The second kappa shape index (κ2) is 14.7. The van der Waals surface area contributed by atoms with Crippen molar-refractivity contribution in [1.82, 2.24) is 36.4 Å². The average molecular weight is 570 g/mol. The van der Waals surface area contributed by atoms with Gasteiger partial charge in [0, 0.05) is 6.42 Å². The van der Waals surface area contributed by atoms with Crippen LogP contribution in [0.1, 0.15) is 90.2 Å². The van der Waals surface area contributed by atoms with Crippen molar-refractivity contribution in [3.8, 4) is 0 Å². The highest BCUT2D eigenvalue weighted by Crippen LogP contribution is 2.28. The van der Waals surface area contributed by atoms with Crippen molar-refractivity contribution in [2.45, 2.75) is 97.4 Å². The molecule has 1 aliphatic heterocycles. The summed E-state index contributed by atoms with van der Waals surface area (Å²) >= 11 is 0. The number of nitrogens with zero attached hydrogens (tertiary/aromatic N) is 3. The van der Waals surface area contributed by atoms with Crippen LogP contribution in [0.5, 0.6) is 0 Å². The van der Waals surface area contributed by atoms with Crippen LogP contribution in [0.2, 0.25) is 0 Å². The molecule has 5 amide bonds. The fourth-order valence-electron chi connectivity index (χ4n) is 5.12. The van der Waals surface area contributed by atoms with Gasteiger partial charge in [0.05, 0.1) is 12.1 Å². The largest absolute Gasteiger partial charge is 0.421 e. The zero-order chi connectivity index (χ0) is 30.1. The van der Waals surface area contributed by atoms with Crippen molar-refractivity contribution in [1.29, 1.82) is 0 Å². The number of fused-ring (bicyclic) bond motifs is 2. The Morgan fingerprint density at radius 1 is 0.829 bits per heavy atom. The molecular formula is C29H43N7O5. The molecule has 1 unspecified atom stereocenters.